The van der Waals surface area contributed by atoms with Gasteiger partial charge in [0.25, 0.3) is 5.91 Å². The fourth-order valence-electron chi connectivity index (χ4n) is 3.55. The van der Waals surface area contributed by atoms with Crippen LogP contribution < -0.4 is 10.1 Å². The average molecular weight is 476 g/mol. The van der Waals surface area contributed by atoms with Crippen LogP contribution in [0.25, 0.3) is 0 Å². The summed E-state index contributed by atoms with van der Waals surface area (Å²) in [4.78, 5) is 13.3. The molecule has 0 saturated carbocycles. The Hall–Kier alpha value is -2.54. The van der Waals surface area contributed by atoms with E-state index < -0.39 is 15.9 Å². The quantitative estimate of drug-likeness (QED) is 0.548. The molecule has 1 unspecified atom stereocenters. The first-order chi connectivity index (χ1) is 14.8. The molecule has 3 aromatic rings. The Bertz CT molecular complexity index is 1240. The molecule has 1 N–H and O–H groups in total. The Balaban J connectivity index is 1.54. The van der Waals surface area contributed by atoms with Crippen molar-refractivity contribution in [2.45, 2.75) is 24.0 Å². The fourth-order valence-corrected chi connectivity index (χ4v) is 5.63. The molecule has 1 aliphatic rings. The van der Waals surface area contributed by atoms with Gasteiger partial charge in [-0.2, -0.15) is 0 Å². The molecule has 0 fully saturated rings. The number of hydrogen-bond donors (Lipinski definition) is 1. The first kappa shape index (κ1) is 21.7. The van der Waals surface area contributed by atoms with Crippen LogP contribution in [0.3, 0.4) is 0 Å². The van der Waals surface area contributed by atoms with Gasteiger partial charge in [-0.1, -0.05) is 59.6 Å². The number of para-hydroxylation sites is 1. The lowest BCUT2D eigenvalue weighted by Crippen LogP contribution is -2.34. The van der Waals surface area contributed by atoms with Gasteiger partial charge in [0.15, 0.2) is 9.84 Å². The van der Waals surface area contributed by atoms with E-state index in [1.54, 1.807) is 66.7 Å². The topological polar surface area (TPSA) is 72.5 Å². The van der Waals surface area contributed by atoms with Crippen molar-refractivity contribution in [2.75, 3.05) is 5.75 Å². The molecule has 5 nitrogen and oxygen atoms in total. The summed E-state index contributed by atoms with van der Waals surface area (Å²) in [5.74, 6) is 0.0574. The Kier molecular flexibility index (Phi) is 6.23. The lowest BCUT2D eigenvalue weighted by Gasteiger charge is -2.26. The monoisotopic (exact) mass is 475 g/mol. The van der Waals surface area contributed by atoms with Crippen molar-refractivity contribution >= 4 is 38.9 Å². The number of sulfone groups is 1. The molecule has 0 radical (unpaired) electrons. The third kappa shape index (κ3) is 4.71. The number of amides is 1. The van der Waals surface area contributed by atoms with Crippen molar-refractivity contribution in [1.29, 1.82) is 0 Å². The van der Waals surface area contributed by atoms with Crippen LogP contribution in [0, 0.1) is 0 Å². The van der Waals surface area contributed by atoms with Crippen molar-refractivity contribution in [3.63, 3.8) is 0 Å². The van der Waals surface area contributed by atoms with Gasteiger partial charge in [0.2, 0.25) is 0 Å². The van der Waals surface area contributed by atoms with E-state index in [0.29, 0.717) is 33.3 Å². The van der Waals surface area contributed by atoms with Crippen molar-refractivity contribution in [1.82, 2.24) is 5.32 Å². The van der Waals surface area contributed by atoms with Gasteiger partial charge in [0, 0.05) is 15.6 Å². The van der Waals surface area contributed by atoms with E-state index in [4.69, 9.17) is 27.9 Å². The highest BCUT2D eigenvalue weighted by molar-refractivity contribution is 7.91. The highest BCUT2D eigenvalue weighted by Gasteiger charge is 2.31. The van der Waals surface area contributed by atoms with Gasteiger partial charge >= 0.3 is 0 Å². The van der Waals surface area contributed by atoms with E-state index in [1.165, 1.54) is 0 Å². The molecule has 1 aliphatic heterocycles. The van der Waals surface area contributed by atoms with E-state index in [0.717, 1.165) is 5.56 Å². The van der Waals surface area contributed by atoms with Crippen LogP contribution in [-0.4, -0.2) is 20.1 Å². The largest absolute Gasteiger partial charge is 0.488 e. The average Bonchev–Trinajstić information content (AvgIpc) is 2.75. The van der Waals surface area contributed by atoms with Crippen LogP contribution >= 0.6 is 23.2 Å². The molecule has 0 spiro atoms. The number of halogens is 2. The SMILES string of the molecule is O=C(NC1CCS(=O)(=O)c2ccccc21)c1ccccc1OCc1ccc(Cl)cc1Cl. The summed E-state index contributed by atoms with van der Waals surface area (Å²) in [7, 11) is -3.33. The molecule has 0 aliphatic carbocycles. The van der Waals surface area contributed by atoms with Gasteiger partial charge in [0.1, 0.15) is 12.4 Å². The normalized spacial score (nSPS) is 16.9. The van der Waals surface area contributed by atoms with Crippen LogP contribution in [0.5, 0.6) is 5.75 Å². The minimum atomic E-state index is -3.33. The van der Waals surface area contributed by atoms with Crippen LogP contribution in [0.4, 0.5) is 0 Å². The maximum atomic E-state index is 13.0. The van der Waals surface area contributed by atoms with Crippen LogP contribution in [0.2, 0.25) is 10.0 Å². The molecule has 1 atom stereocenters. The summed E-state index contributed by atoms with van der Waals surface area (Å²) in [6, 6.07) is 18.4. The second-order valence-electron chi connectivity index (χ2n) is 7.19. The molecule has 0 saturated heterocycles. The Morgan fingerprint density at radius 3 is 2.58 bits per heavy atom. The summed E-state index contributed by atoms with van der Waals surface area (Å²) in [5.41, 5.74) is 1.71. The Morgan fingerprint density at radius 2 is 1.77 bits per heavy atom. The van der Waals surface area contributed by atoms with E-state index in [1.807, 2.05) is 0 Å². The first-order valence-electron chi connectivity index (χ1n) is 9.63. The minimum absolute atomic E-state index is 0.0117. The van der Waals surface area contributed by atoms with Gasteiger partial charge in [-0.05, 0) is 42.3 Å². The van der Waals surface area contributed by atoms with E-state index in [9.17, 15) is 13.2 Å². The number of rotatable bonds is 5. The zero-order chi connectivity index (χ0) is 22.0. The third-order valence-corrected chi connectivity index (χ3v) is 7.54. The Morgan fingerprint density at radius 1 is 1.03 bits per heavy atom. The van der Waals surface area contributed by atoms with Crippen LogP contribution in [0.1, 0.15) is 33.9 Å². The van der Waals surface area contributed by atoms with Crippen molar-refractivity contribution < 1.29 is 17.9 Å². The van der Waals surface area contributed by atoms with Gasteiger partial charge in [-0.25, -0.2) is 8.42 Å². The second kappa shape index (κ2) is 8.91. The predicted molar refractivity (Wildman–Crippen MR) is 121 cm³/mol. The lowest BCUT2D eigenvalue weighted by atomic mass is 10.0. The minimum Gasteiger partial charge on any atom is -0.488 e. The standard InChI is InChI=1S/C23H19Cl2NO4S/c24-16-10-9-15(19(25)13-16)14-30-21-7-3-1-6-18(21)23(27)26-20-11-12-31(28,29)22-8-4-2-5-17(20)22/h1-10,13,20H,11-12,14H2,(H,26,27). The number of hydrogen-bond acceptors (Lipinski definition) is 4. The van der Waals surface area contributed by atoms with Gasteiger partial charge in [-0.3, -0.25) is 4.79 Å². The molecule has 31 heavy (non-hydrogen) atoms. The van der Waals surface area contributed by atoms with E-state index in [2.05, 4.69) is 5.32 Å². The molecule has 160 valence electrons. The van der Waals surface area contributed by atoms with E-state index >= 15 is 0 Å². The maximum absolute atomic E-state index is 13.0. The number of carbonyl (C=O) groups excluding carboxylic acids is 1. The molecule has 8 heteroatoms. The van der Waals surface area contributed by atoms with Gasteiger partial charge in [0.05, 0.1) is 22.3 Å². The summed E-state index contributed by atoms with van der Waals surface area (Å²) in [6.45, 7) is 0.171. The summed E-state index contributed by atoms with van der Waals surface area (Å²) in [6.07, 6.45) is 0.314. The molecule has 4 rings (SSSR count). The maximum Gasteiger partial charge on any atom is 0.255 e. The summed E-state index contributed by atoms with van der Waals surface area (Å²) < 4.78 is 30.6. The van der Waals surface area contributed by atoms with Crippen LogP contribution in [-0.2, 0) is 16.4 Å². The number of carbonyl (C=O) groups is 1. The van der Waals surface area contributed by atoms with E-state index in [-0.39, 0.29) is 23.2 Å². The fraction of sp³-hybridized carbons (Fsp3) is 0.174. The molecule has 0 aromatic heterocycles. The molecule has 1 amide bonds. The third-order valence-electron chi connectivity index (χ3n) is 5.14. The number of nitrogens with one attached hydrogen (secondary N) is 1. The molecule has 1 heterocycles. The van der Waals surface area contributed by atoms with Gasteiger partial charge in [-0.15, -0.1) is 0 Å². The number of benzene rings is 3. The second-order valence-corrected chi connectivity index (χ2v) is 10.1. The predicted octanol–water partition coefficient (Wildman–Crippen LogP) is 5.22. The zero-order valence-corrected chi connectivity index (χ0v) is 18.7. The number of fused-ring (bicyclic) bond motifs is 1. The molecular weight excluding hydrogens is 457 g/mol. The zero-order valence-electron chi connectivity index (χ0n) is 16.3. The van der Waals surface area contributed by atoms with Crippen molar-refractivity contribution in [3.8, 4) is 5.75 Å². The molecular formula is C23H19Cl2NO4S. The van der Waals surface area contributed by atoms with Crippen LogP contribution in [0.15, 0.2) is 71.6 Å². The number of ether oxygens (including phenoxy) is 1. The van der Waals surface area contributed by atoms with Crippen molar-refractivity contribution in [3.05, 3.63) is 93.5 Å². The highest BCUT2D eigenvalue weighted by atomic mass is 35.5. The molecule has 3 aromatic carbocycles. The smallest absolute Gasteiger partial charge is 0.255 e. The van der Waals surface area contributed by atoms with Gasteiger partial charge < -0.3 is 10.1 Å². The first-order valence-corrected chi connectivity index (χ1v) is 12.0. The van der Waals surface area contributed by atoms with Crippen molar-refractivity contribution in [2.24, 2.45) is 0 Å². The Labute approximate surface area is 190 Å². The summed E-state index contributed by atoms with van der Waals surface area (Å²) in [5, 5.41) is 3.97. The molecule has 0 bridgehead atoms. The summed E-state index contributed by atoms with van der Waals surface area (Å²) >= 11 is 12.1. The lowest BCUT2D eigenvalue weighted by molar-refractivity contribution is 0.0930. The highest BCUT2D eigenvalue weighted by Crippen LogP contribution is 2.32.